The monoisotopic (exact) mass is 229 g/mol. The third-order valence-electron chi connectivity index (χ3n) is 1.99. The van der Waals surface area contributed by atoms with Gasteiger partial charge in [0, 0.05) is 6.07 Å². The van der Waals surface area contributed by atoms with E-state index in [0.717, 1.165) is 0 Å². The van der Waals surface area contributed by atoms with Crippen LogP contribution in [0.2, 0.25) is 0 Å². The summed E-state index contributed by atoms with van der Waals surface area (Å²) in [6, 6.07) is 7.76. The van der Waals surface area contributed by atoms with Crippen LogP contribution in [0.4, 0.5) is 21.7 Å². The summed E-state index contributed by atoms with van der Waals surface area (Å²) in [5, 5.41) is 13.6. The Bertz CT molecular complexity index is 564. The van der Waals surface area contributed by atoms with E-state index in [1.54, 1.807) is 24.4 Å². The maximum Gasteiger partial charge on any atom is 0.182 e. The van der Waals surface area contributed by atoms with Gasteiger partial charge in [0.1, 0.15) is 23.8 Å². The lowest BCUT2D eigenvalue weighted by molar-refractivity contribution is 0.632. The Morgan fingerprint density at radius 1 is 1.18 bits per heavy atom. The van der Waals surface area contributed by atoms with Crippen molar-refractivity contribution in [3.63, 3.8) is 0 Å². The van der Waals surface area contributed by atoms with Crippen LogP contribution in [0.1, 0.15) is 0 Å². The molecule has 0 spiro atoms. The van der Waals surface area contributed by atoms with Crippen molar-refractivity contribution in [3.8, 4) is 6.19 Å². The molecule has 2 rings (SSSR count). The van der Waals surface area contributed by atoms with Gasteiger partial charge in [-0.3, -0.25) is 5.32 Å². The van der Waals surface area contributed by atoms with E-state index < -0.39 is 0 Å². The quantitative estimate of drug-likeness (QED) is 0.623. The molecule has 0 bridgehead atoms. The molecule has 0 aliphatic heterocycles. The molecular weight excluding hydrogens is 221 g/mol. The molecular formula is C11H8FN5. The fourth-order valence-electron chi connectivity index (χ4n) is 1.25. The Balaban J connectivity index is 2.22. The molecule has 0 saturated carbocycles. The highest BCUT2D eigenvalue weighted by Crippen LogP contribution is 2.18. The molecule has 0 aliphatic carbocycles. The van der Waals surface area contributed by atoms with E-state index in [-0.39, 0.29) is 5.82 Å². The van der Waals surface area contributed by atoms with Crippen LogP contribution in [0.15, 0.2) is 36.7 Å². The standard InChI is InChI=1S/C11H8FN5/c12-8-3-1-2-4-9(8)17-11-5-10(14-6-13)15-7-16-11/h1-5,7H,(H2,14,15,16,17). The van der Waals surface area contributed by atoms with E-state index in [4.69, 9.17) is 5.26 Å². The zero-order valence-corrected chi connectivity index (χ0v) is 8.68. The largest absolute Gasteiger partial charge is 0.338 e. The molecule has 5 nitrogen and oxygen atoms in total. The van der Waals surface area contributed by atoms with Crippen LogP contribution >= 0.6 is 0 Å². The van der Waals surface area contributed by atoms with Crippen LogP contribution in [0.25, 0.3) is 0 Å². The third kappa shape index (κ3) is 2.66. The van der Waals surface area contributed by atoms with Gasteiger partial charge >= 0.3 is 0 Å². The zero-order valence-electron chi connectivity index (χ0n) is 8.68. The van der Waals surface area contributed by atoms with Crippen molar-refractivity contribution in [2.75, 3.05) is 10.6 Å². The van der Waals surface area contributed by atoms with Crippen molar-refractivity contribution in [2.24, 2.45) is 0 Å². The number of nitrogens with zero attached hydrogens (tertiary/aromatic N) is 3. The number of halogens is 1. The molecule has 1 aromatic carbocycles. The molecule has 2 N–H and O–H groups in total. The van der Waals surface area contributed by atoms with Gasteiger partial charge in [-0.25, -0.2) is 14.4 Å². The summed E-state index contributed by atoms with van der Waals surface area (Å²) in [6.07, 6.45) is 3.02. The van der Waals surface area contributed by atoms with E-state index in [0.29, 0.717) is 17.3 Å². The molecule has 0 unspecified atom stereocenters. The first kappa shape index (κ1) is 10.8. The van der Waals surface area contributed by atoms with Gasteiger partial charge in [0.05, 0.1) is 5.69 Å². The van der Waals surface area contributed by atoms with E-state index in [1.165, 1.54) is 18.5 Å². The molecule has 0 amide bonds. The number of nitriles is 1. The van der Waals surface area contributed by atoms with E-state index in [9.17, 15) is 4.39 Å². The van der Waals surface area contributed by atoms with Crippen LogP contribution in [0, 0.1) is 17.3 Å². The number of rotatable bonds is 3. The van der Waals surface area contributed by atoms with Crippen molar-refractivity contribution < 1.29 is 4.39 Å². The lowest BCUT2D eigenvalue weighted by Gasteiger charge is -2.06. The highest BCUT2D eigenvalue weighted by atomic mass is 19.1. The lowest BCUT2D eigenvalue weighted by atomic mass is 10.3. The smallest absolute Gasteiger partial charge is 0.182 e. The molecule has 0 fully saturated rings. The minimum absolute atomic E-state index is 0.314. The molecule has 0 aliphatic rings. The molecule has 84 valence electrons. The predicted octanol–water partition coefficient (Wildman–Crippen LogP) is 2.25. The van der Waals surface area contributed by atoms with Crippen LogP contribution in [0.3, 0.4) is 0 Å². The number of para-hydroxylation sites is 1. The van der Waals surface area contributed by atoms with Gasteiger partial charge in [-0.15, -0.1) is 0 Å². The topological polar surface area (TPSA) is 73.6 Å². The van der Waals surface area contributed by atoms with Crippen molar-refractivity contribution >= 4 is 17.3 Å². The van der Waals surface area contributed by atoms with E-state index >= 15 is 0 Å². The minimum Gasteiger partial charge on any atom is -0.338 e. The van der Waals surface area contributed by atoms with Gasteiger partial charge in [-0.05, 0) is 12.1 Å². The van der Waals surface area contributed by atoms with Crippen LogP contribution in [-0.2, 0) is 0 Å². The highest BCUT2D eigenvalue weighted by molar-refractivity contribution is 5.59. The van der Waals surface area contributed by atoms with Gasteiger partial charge in [-0.1, -0.05) is 12.1 Å². The summed E-state index contributed by atoms with van der Waals surface area (Å²) < 4.78 is 13.4. The SMILES string of the molecule is N#CNc1cc(Nc2ccccc2F)ncn1. The molecule has 0 saturated heterocycles. The Kier molecular flexibility index (Phi) is 3.12. The van der Waals surface area contributed by atoms with E-state index in [1.807, 2.05) is 0 Å². The summed E-state index contributed by atoms with van der Waals surface area (Å²) in [5.74, 6) is 0.380. The Morgan fingerprint density at radius 2 is 1.94 bits per heavy atom. The zero-order chi connectivity index (χ0) is 12.1. The Hall–Kier alpha value is -2.68. The Labute approximate surface area is 97.0 Å². The molecule has 1 aromatic heterocycles. The van der Waals surface area contributed by atoms with Crippen molar-refractivity contribution in [3.05, 3.63) is 42.5 Å². The second-order valence-electron chi connectivity index (χ2n) is 3.13. The number of hydrogen-bond donors (Lipinski definition) is 2. The number of anilines is 3. The molecule has 0 atom stereocenters. The van der Waals surface area contributed by atoms with E-state index in [2.05, 4.69) is 20.6 Å². The number of nitrogens with one attached hydrogen (secondary N) is 2. The maximum absolute atomic E-state index is 13.4. The summed E-state index contributed by atoms with van der Waals surface area (Å²) in [5.41, 5.74) is 0.314. The maximum atomic E-state index is 13.4. The van der Waals surface area contributed by atoms with Crippen LogP contribution in [-0.4, -0.2) is 9.97 Å². The van der Waals surface area contributed by atoms with Crippen LogP contribution < -0.4 is 10.6 Å². The lowest BCUT2D eigenvalue weighted by Crippen LogP contribution is -1.99. The summed E-state index contributed by atoms with van der Waals surface area (Å²) in [4.78, 5) is 7.73. The fourth-order valence-corrected chi connectivity index (χ4v) is 1.25. The van der Waals surface area contributed by atoms with Gasteiger partial charge in [0.2, 0.25) is 0 Å². The normalized spacial score (nSPS) is 9.41. The first-order chi connectivity index (χ1) is 8.29. The minimum atomic E-state index is -0.374. The average Bonchev–Trinajstić information content (AvgIpc) is 2.33. The summed E-state index contributed by atoms with van der Waals surface area (Å²) >= 11 is 0. The fraction of sp³-hybridized carbons (Fsp3) is 0. The van der Waals surface area contributed by atoms with Crippen molar-refractivity contribution in [1.29, 1.82) is 5.26 Å². The molecule has 17 heavy (non-hydrogen) atoms. The van der Waals surface area contributed by atoms with Crippen molar-refractivity contribution in [1.82, 2.24) is 9.97 Å². The van der Waals surface area contributed by atoms with Gasteiger partial charge < -0.3 is 5.32 Å². The molecule has 6 heteroatoms. The third-order valence-corrected chi connectivity index (χ3v) is 1.99. The summed E-state index contributed by atoms with van der Waals surface area (Å²) in [6.45, 7) is 0. The first-order valence-electron chi connectivity index (χ1n) is 4.78. The number of aromatic nitrogens is 2. The second kappa shape index (κ2) is 4.90. The molecule has 1 heterocycles. The predicted molar refractivity (Wildman–Crippen MR) is 61.0 cm³/mol. The Morgan fingerprint density at radius 3 is 2.71 bits per heavy atom. The second-order valence-corrected chi connectivity index (χ2v) is 3.13. The van der Waals surface area contributed by atoms with Crippen LogP contribution in [0.5, 0.6) is 0 Å². The van der Waals surface area contributed by atoms with Crippen molar-refractivity contribution in [2.45, 2.75) is 0 Å². The number of hydrogen-bond acceptors (Lipinski definition) is 5. The average molecular weight is 229 g/mol. The van der Waals surface area contributed by atoms with Gasteiger partial charge in [-0.2, -0.15) is 5.26 Å². The first-order valence-corrected chi connectivity index (χ1v) is 4.78. The van der Waals surface area contributed by atoms with Gasteiger partial charge in [0.25, 0.3) is 0 Å². The highest BCUT2D eigenvalue weighted by Gasteiger charge is 2.02. The number of benzene rings is 1. The molecule has 0 radical (unpaired) electrons. The molecule has 2 aromatic rings. The van der Waals surface area contributed by atoms with Gasteiger partial charge in [0.15, 0.2) is 6.19 Å². The summed E-state index contributed by atoms with van der Waals surface area (Å²) in [7, 11) is 0.